The van der Waals surface area contributed by atoms with E-state index in [1.165, 1.54) is 12.0 Å². The summed E-state index contributed by atoms with van der Waals surface area (Å²) in [5, 5.41) is 1.00. The summed E-state index contributed by atoms with van der Waals surface area (Å²) in [4.78, 5) is 31.6. The number of likely N-dealkylation sites (tertiary alicyclic amines) is 1. The minimum Gasteiger partial charge on any atom is -0.482 e. The summed E-state index contributed by atoms with van der Waals surface area (Å²) in [5.41, 5.74) is 1.18. The van der Waals surface area contributed by atoms with Gasteiger partial charge in [-0.3, -0.25) is 4.90 Å². The molecule has 4 rings (SSSR count). The number of para-hydroxylation sites is 1. The van der Waals surface area contributed by atoms with Gasteiger partial charge in [-0.05, 0) is 33.8 Å². The van der Waals surface area contributed by atoms with Crippen molar-refractivity contribution < 1.29 is 23.8 Å². The van der Waals surface area contributed by atoms with Crippen LogP contribution in [0.4, 0.5) is 4.79 Å². The van der Waals surface area contributed by atoms with Crippen LogP contribution in [0.2, 0.25) is 0 Å². The Morgan fingerprint density at radius 3 is 2.71 bits per heavy atom. The van der Waals surface area contributed by atoms with E-state index in [1.807, 2.05) is 43.3 Å². The number of pyridine rings is 1. The maximum absolute atomic E-state index is 12.9. The normalized spacial score (nSPS) is 22.7. The van der Waals surface area contributed by atoms with Crippen molar-refractivity contribution >= 4 is 29.0 Å². The lowest BCUT2D eigenvalue weighted by atomic mass is 9.96. The predicted molar refractivity (Wildman–Crippen MR) is 117 cm³/mol. The van der Waals surface area contributed by atoms with Crippen LogP contribution in [0.3, 0.4) is 0 Å². The fraction of sp³-hybridized carbons (Fsp3) is 0.458. The number of hydrogen-bond acceptors (Lipinski definition) is 6. The number of amides is 1. The number of carbonyl (C=O) groups is 2. The first-order valence-corrected chi connectivity index (χ1v) is 10.4. The summed E-state index contributed by atoms with van der Waals surface area (Å²) in [5.74, 6) is 0.204. The number of ether oxygens (including phenoxy) is 3. The summed E-state index contributed by atoms with van der Waals surface area (Å²) in [6, 6.07) is 7.15. The van der Waals surface area contributed by atoms with E-state index in [9.17, 15) is 9.59 Å². The SMILES string of the molecule is COC(=O)[C@@H]1CC2(CC=Cc3c(c(C)nc4ccccc34)O2)CN1C(=O)OC(C)(C)C. The molecule has 0 N–H and O–H groups in total. The van der Waals surface area contributed by atoms with Gasteiger partial charge in [-0.2, -0.15) is 0 Å². The van der Waals surface area contributed by atoms with Gasteiger partial charge in [0.15, 0.2) is 0 Å². The summed E-state index contributed by atoms with van der Waals surface area (Å²) in [7, 11) is 1.32. The molecule has 0 bridgehead atoms. The molecule has 2 aliphatic rings. The number of benzene rings is 1. The molecule has 0 saturated carbocycles. The minimum atomic E-state index is -0.775. The van der Waals surface area contributed by atoms with Gasteiger partial charge in [-0.1, -0.05) is 30.4 Å². The number of hydrogen-bond donors (Lipinski definition) is 0. The van der Waals surface area contributed by atoms with E-state index >= 15 is 0 Å². The van der Waals surface area contributed by atoms with Gasteiger partial charge < -0.3 is 14.2 Å². The zero-order chi connectivity index (χ0) is 22.4. The molecule has 2 atom stereocenters. The number of nitrogens with zero attached hydrogens (tertiary/aromatic N) is 2. The highest BCUT2D eigenvalue weighted by Crippen LogP contribution is 2.42. The molecular weight excluding hydrogens is 396 g/mol. The topological polar surface area (TPSA) is 78.0 Å². The second-order valence-corrected chi connectivity index (χ2v) is 9.20. The number of rotatable bonds is 1. The highest BCUT2D eigenvalue weighted by molar-refractivity contribution is 5.91. The van der Waals surface area contributed by atoms with Gasteiger partial charge in [0.25, 0.3) is 0 Å². The molecule has 3 heterocycles. The predicted octanol–water partition coefficient (Wildman–Crippen LogP) is 4.26. The average Bonchev–Trinajstić information content (AvgIpc) is 2.96. The Hall–Kier alpha value is -3.09. The molecule has 1 fully saturated rings. The zero-order valence-electron chi connectivity index (χ0n) is 18.6. The van der Waals surface area contributed by atoms with E-state index < -0.39 is 29.3 Å². The van der Waals surface area contributed by atoms with Crippen LogP contribution in [0.1, 0.15) is 44.9 Å². The molecular formula is C24H28N2O5. The van der Waals surface area contributed by atoms with Gasteiger partial charge >= 0.3 is 12.1 Å². The number of aromatic nitrogens is 1. The van der Waals surface area contributed by atoms with Gasteiger partial charge in [0, 0.05) is 23.8 Å². The van der Waals surface area contributed by atoms with Crippen molar-refractivity contribution in [2.24, 2.45) is 0 Å². The highest BCUT2D eigenvalue weighted by Gasteiger charge is 2.52. The first-order valence-electron chi connectivity index (χ1n) is 10.4. The molecule has 164 valence electrons. The van der Waals surface area contributed by atoms with Crippen LogP contribution in [0, 0.1) is 6.92 Å². The van der Waals surface area contributed by atoms with Crippen LogP contribution in [0.15, 0.2) is 30.3 Å². The minimum absolute atomic E-state index is 0.220. The molecule has 31 heavy (non-hydrogen) atoms. The molecule has 2 aromatic rings. The Morgan fingerprint density at radius 2 is 2.00 bits per heavy atom. The molecule has 7 nitrogen and oxygen atoms in total. The van der Waals surface area contributed by atoms with E-state index in [-0.39, 0.29) is 6.54 Å². The molecule has 1 amide bonds. The Bertz CT molecular complexity index is 1070. The lowest BCUT2D eigenvalue weighted by Crippen LogP contribution is -2.45. The molecule has 0 radical (unpaired) electrons. The fourth-order valence-electron chi connectivity index (χ4n) is 4.32. The molecule has 1 aromatic carbocycles. The molecule has 1 unspecified atom stereocenters. The Labute approximate surface area is 182 Å². The first-order chi connectivity index (χ1) is 14.6. The fourth-order valence-corrected chi connectivity index (χ4v) is 4.32. The number of esters is 1. The number of fused-ring (bicyclic) bond motifs is 3. The van der Waals surface area contributed by atoms with Crippen LogP contribution < -0.4 is 4.74 Å². The summed E-state index contributed by atoms with van der Waals surface area (Å²) < 4.78 is 17.1. The van der Waals surface area contributed by atoms with Crippen LogP contribution in [0.25, 0.3) is 17.0 Å². The van der Waals surface area contributed by atoms with Crippen molar-refractivity contribution in [3.05, 3.63) is 41.6 Å². The molecule has 1 spiro atoms. The van der Waals surface area contributed by atoms with E-state index in [2.05, 4.69) is 0 Å². The third-order valence-electron chi connectivity index (χ3n) is 5.65. The first kappa shape index (κ1) is 21.2. The average molecular weight is 424 g/mol. The van der Waals surface area contributed by atoms with Crippen molar-refractivity contribution in [2.75, 3.05) is 13.7 Å². The second-order valence-electron chi connectivity index (χ2n) is 9.20. The van der Waals surface area contributed by atoms with Crippen molar-refractivity contribution in [3.8, 4) is 5.75 Å². The van der Waals surface area contributed by atoms with Gasteiger partial charge in [0.05, 0.1) is 24.9 Å². The standard InChI is InChI=1S/C24H28N2O5/c1-15-20-17(16-9-6-7-11-18(16)25-15)10-8-12-24(30-20)13-19(21(27)29-5)26(14-24)22(28)31-23(2,3)4/h6-11,19H,12-14H2,1-5H3/t19-,24?/m0/s1. The van der Waals surface area contributed by atoms with Gasteiger partial charge in [0.1, 0.15) is 23.0 Å². The number of methoxy groups -OCH3 is 1. The van der Waals surface area contributed by atoms with Crippen LogP contribution in [0.5, 0.6) is 5.75 Å². The highest BCUT2D eigenvalue weighted by atomic mass is 16.6. The Balaban J connectivity index is 1.73. The van der Waals surface area contributed by atoms with Crippen molar-refractivity contribution in [2.45, 2.75) is 57.8 Å². The second kappa shape index (κ2) is 7.55. The van der Waals surface area contributed by atoms with Gasteiger partial charge in [-0.25, -0.2) is 14.6 Å². The molecule has 1 aromatic heterocycles. The van der Waals surface area contributed by atoms with Crippen molar-refractivity contribution in [3.63, 3.8) is 0 Å². The molecule has 7 heteroatoms. The third-order valence-corrected chi connectivity index (χ3v) is 5.65. The Morgan fingerprint density at radius 1 is 1.26 bits per heavy atom. The van der Waals surface area contributed by atoms with E-state index in [1.54, 1.807) is 20.8 Å². The Kier molecular flexibility index (Phi) is 5.15. The van der Waals surface area contributed by atoms with Gasteiger partial charge in [-0.15, -0.1) is 0 Å². The lowest BCUT2D eigenvalue weighted by Gasteiger charge is -2.30. The smallest absolute Gasteiger partial charge is 0.411 e. The van der Waals surface area contributed by atoms with E-state index in [4.69, 9.17) is 19.2 Å². The van der Waals surface area contributed by atoms with Crippen LogP contribution >= 0.6 is 0 Å². The maximum Gasteiger partial charge on any atom is 0.411 e. The summed E-state index contributed by atoms with van der Waals surface area (Å²) in [6.45, 7) is 7.52. The third kappa shape index (κ3) is 3.96. The number of carbonyl (C=O) groups excluding carboxylic acids is 2. The van der Waals surface area contributed by atoms with Crippen molar-refractivity contribution in [1.82, 2.24) is 9.88 Å². The monoisotopic (exact) mass is 424 g/mol. The molecule has 2 aliphatic heterocycles. The van der Waals surface area contributed by atoms with Crippen LogP contribution in [-0.2, 0) is 14.3 Å². The number of aryl methyl sites for hydroxylation is 1. The largest absolute Gasteiger partial charge is 0.482 e. The van der Waals surface area contributed by atoms with Crippen LogP contribution in [-0.4, -0.2) is 52.8 Å². The quantitative estimate of drug-likeness (QED) is 0.637. The summed E-state index contributed by atoms with van der Waals surface area (Å²) >= 11 is 0. The van der Waals surface area contributed by atoms with E-state index in [0.717, 1.165) is 22.2 Å². The maximum atomic E-state index is 12.9. The summed E-state index contributed by atoms with van der Waals surface area (Å²) in [6.07, 6.45) is 4.40. The van der Waals surface area contributed by atoms with E-state index in [0.29, 0.717) is 18.6 Å². The van der Waals surface area contributed by atoms with Crippen molar-refractivity contribution in [1.29, 1.82) is 0 Å². The van der Waals surface area contributed by atoms with Gasteiger partial charge in [0.2, 0.25) is 0 Å². The molecule has 0 aliphatic carbocycles. The lowest BCUT2D eigenvalue weighted by molar-refractivity contribution is -0.145. The zero-order valence-corrected chi connectivity index (χ0v) is 18.6. The molecule has 1 saturated heterocycles.